The van der Waals surface area contributed by atoms with Crippen LogP contribution in [0.3, 0.4) is 0 Å². The molecule has 1 aliphatic heterocycles. The van der Waals surface area contributed by atoms with Gasteiger partial charge in [-0.3, -0.25) is 4.79 Å². The second-order valence-electron chi connectivity index (χ2n) is 6.19. The van der Waals surface area contributed by atoms with Gasteiger partial charge < -0.3 is 10.6 Å². The molecule has 0 bridgehead atoms. The molecule has 3 rings (SSSR count). The number of amides is 1. The summed E-state index contributed by atoms with van der Waals surface area (Å²) in [6, 6.07) is 12.9. The van der Waals surface area contributed by atoms with Crippen LogP contribution < -0.4 is 5.73 Å². The van der Waals surface area contributed by atoms with Crippen molar-refractivity contribution in [3.05, 3.63) is 42.5 Å². The van der Waals surface area contributed by atoms with Crippen molar-refractivity contribution in [3.63, 3.8) is 0 Å². The van der Waals surface area contributed by atoms with Gasteiger partial charge in [-0.1, -0.05) is 30.3 Å². The average molecular weight is 361 g/mol. The van der Waals surface area contributed by atoms with Gasteiger partial charge in [0.15, 0.2) is 0 Å². The fraction of sp³-hybridized carbons (Fsp3) is 0.389. The average Bonchev–Trinajstić information content (AvgIpc) is 2.65. The molecule has 0 unspecified atom stereocenters. The van der Waals surface area contributed by atoms with E-state index in [1.54, 1.807) is 17.0 Å². The molecule has 2 aromatic carbocycles. The molecular weight excluding hydrogens is 338 g/mol. The Morgan fingerprint density at radius 2 is 1.68 bits per heavy atom. The van der Waals surface area contributed by atoms with Crippen LogP contribution in [-0.4, -0.2) is 56.3 Å². The molecule has 0 radical (unpaired) electrons. The van der Waals surface area contributed by atoms with Crippen LogP contribution >= 0.6 is 0 Å². The van der Waals surface area contributed by atoms with Crippen molar-refractivity contribution in [1.82, 2.24) is 9.21 Å². The topological polar surface area (TPSA) is 83.7 Å². The number of fused-ring (bicyclic) bond motifs is 1. The smallest absolute Gasteiger partial charge is 0.243 e. The number of nitrogens with two attached hydrogens (primary N) is 1. The highest BCUT2D eigenvalue weighted by molar-refractivity contribution is 7.89. The number of hydrogen-bond acceptors (Lipinski definition) is 4. The van der Waals surface area contributed by atoms with E-state index in [9.17, 15) is 13.2 Å². The highest BCUT2D eigenvalue weighted by atomic mass is 32.2. The third-order valence-corrected chi connectivity index (χ3v) is 6.44. The molecule has 0 atom stereocenters. The van der Waals surface area contributed by atoms with Gasteiger partial charge in [-0.05, 0) is 35.9 Å². The Hall–Kier alpha value is -1.96. The van der Waals surface area contributed by atoms with Crippen molar-refractivity contribution < 1.29 is 13.2 Å². The normalized spacial score (nSPS) is 16.3. The molecule has 0 aromatic heterocycles. The zero-order valence-corrected chi connectivity index (χ0v) is 14.9. The molecule has 1 amide bonds. The van der Waals surface area contributed by atoms with Gasteiger partial charge in [0.05, 0.1) is 4.90 Å². The first kappa shape index (κ1) is 17.8. The van der Waals surface area contributed by atoms with E-state index in [0.29, 0.717) is 50.5 Å². The van der Waals surface area contributed by atoms with E-state index in [-0.39, 0.29) is 5.91 Å². The summed E-state index contributed by atoms with van der Waals surface area (Å²) in [5, 5.41) is 1.91. The zero-order chi connectivity index (χ0) is 17.9. The fourth-order valence-corrected chi connectivity index (χ4v) is 4.52. The molecule has 7 heteroatoms. The van der Waals surface area contributed by atoms with Crippen molar-refractivity contribution in [3.8, 4) is 0 Å². The van der Waals surface area contributed by atoms with Gasteiger partial charge in [-0.2, -0.15) is 4.31 Å². The maximum atomic E-state index is 12.9. The molecular formula is C18H23N3O3S. The third kappa shape index (κ3) is 3.84. The van der Waals surface area contributed by atoms with Gasteiger partial charge >= 0.3 is 0 Å². The van der Waals surface area contributed by atoms with Crippen LogP contribution in [0.5, 0.6) is 0 Å². The molecule has 0 aliphatic carbocycles. The quantitative estimate of drug-likeness (QED) is 0.873. The molecule has 0 saturated carbocycles. The monoisotopic (exact) mass is 361 g/mol. The summed E-state index contributed by atoms with van der Waals surface area (Å²) in [5.74, 6) is 0.0493. The molecule has 1 heterocycles. The van der Waals surface area contributed by atoms with Crippen molar-refractivity contribution in [2.75, 3.05) is 32.7 Å². The van der Waals surface area contributed by atoms with Gasteiger partial charge in [-0.25, -0.2) is 8.42 Å². The van der Waals surface area contributed by atoms with E-state index < -0.39 is 10.0 Å². The summed E-state index contributed by atoms with van der Waals surface area (Å²) in [6.45, 7) is 1.99. The Kier molecular flexibility index (Phi) is 5.36. The Labute approximate surface area is 148 Å². The van der Waals surface area contributed by atoms with Gasteiger partial charge in [-0.15, -0.1) is 0 Å². The molecule has 6 nitrogen and oxygen atoms in total. The largest absolute Gasteiger partial charge is 0.340 e. The Bertz CT molecular complexity index is 859. The standard InChI is InChI=1S/C18H23N3O3S/c19-9-3-6-18(22)20-10-12-21(13-11-20)25(23,24)17-8-7-15-4-1-2-5-16(15)14-17/h1-2,4-5,7-8,14H,3,6,9-13,19H2. The second-order valence-corrected chi connectivity index (χ2v) is 8.12. The predicted octanol–water partition coefficient (Wildman–Crippen LogP) is 1.41. The van der Waals surface area contributed by atoms with Crippen LogP contribution in [0.4, 0.5) is 0 Å². The van der Waals surface area contributed by atoms with Crippen LogP contribution in [0.1, 0.15) is 12.8 Å². The molecule has 134 valence electrons. The highest BCUT2D eigenvalue weighted by Gasteiger charge is 2.29. The number of carbonyl (C=O) groups excluding carboxylic acids is 1. The summed E-state index contributed by atoms with van der Waals surface area (Å²) in [6.07, 6.45) is 1.09. The first-order valence-electron chi connectivity index (χ1n) is 8.49. The lowest BCUT2D eigenvalue weighted by Crippen LogP contribution is -2.50. The van der Waals surface area contributed by atoms with Crippen molar-refractivity contribution in [2.24, 2.45) is 5.73 Å². The second kappa shape index (κ2) is 7.51. The Morgan fingerprint density at radius 1 is 1.00 bits per heavy atom. The minimum absolute atomic E-state index is 0.0493. The molecule has 25 heavy (non-hydrogen) atoms. The number of benzene rings is 2. The van der Waals surface area contributed by atoms with Gasteiger partial charge in [0.2, 0.25) is 15.9 Å². The van der Waals surface area contributed by atoms with Crippen molar-refractivity contribution >= 4 is 26.7 Å². The lowest BCUT2D eigenvalue weighted by atomic mass is 10.1. The van der Waals surface area contributed by atoms with Crippen molar-refractivity contribution in [2.45, 2.75) is 17.7 Å². The van der Waals surface area contributed by atoms with Gasteiger partial charge in [0, 0.05) is 32.6 Å². The lowest BCUT2D eigenvalue weighted by Gasteiger charge is -2.34. The summed E-state index contributed by atoms with van der Waals surface area (Å²) in [7, 11) is -3.54. The number of rotatable bonds is 5. The lowest BCUT2D eigenvalue weighted by molar-refractivity contribution is -0.132. The van der Waals surface area contributed by atoms with Crippen LogP contribution in [-0.2, 0) is 14.8 Å². The Morgan fingerprint density at radius 3 is 2.36 bits per heavy atom. The van der Waals surface area contributed by atoms with E-state index >= 15 is 0 Å². The number of hydrogen-bond donors (Lipinski definition) is 1. The van der Waals surface area contributed by atoms with E-state index in [0.717, 1.165) is 10.8 Å². The van der Waals surface area contributed by atoms with E-state index in [1.165, 1.54) is 4.31 Å². The van der Waals surface area contributed by atoms with Crippen LogP contribution in [0.2, 0.25) is 0 Å². The van der Waals surface area contributed by atoms with E-state index in [4.69, 9.17) is 5.73 Å². The first-order valence-corrected chi connectivity index (χ1v) is 9.93. The zero-order valence-electron chi connectivity index (χ0n) is 14.1. The summed E-state index contributed by atoms with van der Waals surface area (Å²) in [5.41, 5.74) is 5.43. The number of nitrogens with zero attached hydrogens (tertiary/aromatic N) is 2. The van der Waals surface area contributed by atoms with Crippen LogP contribution in [0, 0.1) is 0 Å². The SMILES string of the molecule is NCCCC(=O)N1CCN(S(=O)(=O)c2ccc3ccccc3c2)CC1. The third-order valence-electron chi connectivity index (χ3n) is 4.54. The predicted molar refractivity (Wildman–Crippen MR) is 97.6 cm³/mol. The van der Waals surface area contributed by atoms with Crippen molar-refractivity contribution in [1.29, 1.82) is 0 Å². The summed E-state index contributed by atoms with van der Waals surface area (Å²) < 4.78 is 27.2. The fourth-order valence-electron chi connectivity index (χ4n) is 3.07. The number of sulfonamides is 1. The number of piperazine rings is 1. The Balaban J connectivity index is 1.72. The van der Waals surface area contributed by atoms with Crippen LogP contribution in [0.25, 0.3) is 10.8 Å². The highest BCUT2D eigenvalue weighted by Crippen LogP contribution is 2.23. The maximum Gasteiger partial charge on any atom is 0.243 e. The van der Waals surface area contributed by atoms with Gasteiger partial charge in [0.25, 0.3) is 0 Å². The van der Waals surface area contributed by atoms with E-state index in [2.05, 4.69) is 0 Å². The van der Waals surface area contributed by atoms with E-state index in [1.807, 2.05) is 30.3 Å². The summed E-state index contributed by atoms with van der Waals surface area (Å²) in [4.78, 5) is 14.1. The molecule has 1 aliphatic rings. The molecule has 1 saturated heterocycles. The molecule has 2 N–H and O–H groups in total. The number of carbonyl (C=O) groups is 1. The minimum atomic E-state index is -3.54. The maximum absolute atomic E-state index is 12.9. The minimum Gasteiger partial charge on any atom is -0.340 e. The molecule has 2 aromatic rings. The molecule has 1 fully saturated rings. The van der Waals surface area contributed by atoms with Crippen LogP contribution in [0.15, 0.2) is 47.4 Å². The first-order chi connectivity index (χ1) is 12.0. The molecule has 0 spiro atoms. The van der Waals surface area contributed by atoms with Gasteiger partial charge in [0.1, 0.15) is 0 Å². The summed E-state index contributed by atoms with van der Waals surface area (Å²) >= 11 is 0.